The molecule has 0 radical (unpaired) electrons. The minimum absolute atomic E-state index is 0.0851. The lowest BCUT2D eigenvalue weighted by atomic mass is 9.92. The Labute approximate surface area is 152 Å². The van der Waals surface area contributed by atoms with Crippen molar-refractivity contribution < 1.29 is 0 Å². The fraction of sp³-hybridized carbons (Fsp3) is 0.500. The van der Waals surface area contributed by atoms with E-state index in [0.29, 0.717) is 11.4 Å². The molecule has 1 N–H and O–H groups in total. The fourth-order valence-electron chi connectivity index (χ4n) is 4.14. The lowest BCUT2D eigenvalue weighted by Crippen LogP contribution is -2.35. The van der Waals surface area contributed by atoms with Crippen LogP contribution in [-0.4, -0.2) is 28.0 Å². The van der Waals surface area contributed by atoms with Crippen LogP contribution in [0.25, 0.3) is 0 Å². The number of hydrogen-bond donors (Lipinski definition) is 1. The van der Waals surface area contributed by atoms with Gasteiger partial charge in [-0.25, -0.2) is 9.97 Å². The Morgan fingerprint density at radius 2 is 1.96 bits per heavy atom. The molecule has 134 valence electrons. The summed E-state index contributed by atoms with van der Waals surface area (Å²) < 4.78 is 0. The van der Waals surface area contributed by atoms with E-state index in [1.165, 1.54) is 24.1 Å². The molecule has 2 aromatic heterocycles. The maximum Gasteiger partial charge on any atom is 0.251 e. The van der Waals surface area contributed by atoms with Crippen molar-refractivity contribution in [2.45, 2.75) is 51.4 Å². The number of aromatic nitrogens is 3. The molecule has 4 rings (SSSR count). The first-order chi connectivity index (χ1) is 12.6. The van der Waals surface area contributed by atoms with E-state index in [1.54, 1.807) is 6.07 Å². The molecule has 1 aliphatic heterocycles. The van der Waals surface area contributed by atoms with Gasteiger partial charge in [0.25, 0.3) is 5.56 Å². The number of pyridine rings is 1. The van der Waals surface area contributed by atoms with Gasteiger partial charge < -0.3 is 9.88 Å². The van der Waals surface area contributed by atoms with Crippen LogP contribution >= 0.6 is 0 Å². The molecule has 6 nitrogen and oxygen atoms in total. The van der Waals surface area contributed by atoms with E-state index in [1.807, 2.05) is 13.0 Å². The summed E-state index contributed by atoms with van der Waals surface area (Å²) in [6, 6.07) is 6.00. The number of nitrogens with zero attached hydrogens (tertiary/aromatic N) is 4. The zero-order chi connectivity index (χ0) is 18.1. The van der Waals surface area contributed by atoms with Gasteiger partial charge in [0, 0.05) is 30.8 Å². The molecule has 1 saturated heterocycles. The van der Waals surface area contributed by atoms with Crippen LogP contribution in [0.5, 0.6) is 0 Å². The van der Waals surface area contributed by atoms with Gasteiger partial charge in [0.05, 0.1) is 11.3 Å². The Hall–Kier alpha value is -2.68. The van der Waals surface area contributed by atoms with E-state index < -0.39 is 0 Å². The third kappa shape index (κ3) is 3.22. The number of aryl methyl sites for hydroxylation is 3. The average Bonchev–Trinajstić information content (AvgIpc) is 2.66. The maximum atomic E-state index is 11.7. The minimum Gasteiger partial charge on any atom is -0.355 e. The van der Waals surface area contributed by atoms with Crippen molar-refractivity contribution in [1.29, 1.82) is 5.26 Å². The van der Waals surface area contributed by atoms with Crippen molar-refractivity contribution in [2.24, 2.45) is 0 Å². The molecule has 3 heterocycles. The van der Waals surface area contributed by atoms with Crippen LogP contribution in [0.1, 0.15) is 59.9 Å². The first-order valence-electron chi connectivity index (χ1n) is 9.40. The zero-order valence-corrected chi connectivity index (χ0v) is 15.1. The number of aromatic amines is 1. The average molecular weight is 349 g/mol. The molecule has 2 aliphatic rings. The van der Waals surface area contributed by atoms with Crippen molar-refractivity contribution in [2.75, 3.05) is 18.0 Å². The molecule has 2 aromatic rings. The van der Waals surface area contributed by atoms with Crippen LogP contribution in [0.15, 0.2) is 16.9 Å². The van der Waals surface area contributed by atoms with Gasteiger partial charge in [-0.2, -0.15) is 5.26 Å². The van der Waals surface area contributed by atoms with E-state index >= 15 is 0 Å². The van der Waals surface area contributed by atoms with Gasteiger partial charge >= 0.3 is 0 Å². The molecule has 1 fully saturated rings. The Morgan fingerprint density at radius 3 is 2.69 bits per heavy atom. The van der Waals surface area contributed by atoms with Gasteiger partial charge in [-0.3, -0.25) is 4.79 Å². The Bertz CT molecular complexity index is 919. The lowest BCUT2D eigenvalue weighted by molar-refractivity contribution is 0.490. The first-order valence-corrected chi connectivity index (χ1v) is 9.40. The first kappa shape index (κ1) is 16.8. The normalized spacial score (nSPS) is 17.6. The molecule has 26 heavy (non-hydrogen) atoms. The second kappa shape index (κ2) is 6.91. The Kier molecular flexibility index (Phi) is 4.46. The van der Waals surface area contributed by atoms with Crippen LogP contribution in [0.2, 0.25) is 0 Å². The summed E-state index contributed by atoms with van der Waals surface area (Å²) in [6.07, 6.45) is 6.25. The Morgan fingerprint density at radius 1 is 1.19 bits per heavy atom. The van der Waals surface area contributed by atoms with E-state index in [2.05, 4.69) is 20.9 Å². The highest BCUT2D eigenvalue weighted by Crippen LogP contribution is 2.32. The molecule has 0 amide bonds. The van der Waals surface area contributed by atoms with Crippen LogP contribution in [-0.2, 0) is 12.8 Å². The van der Waals surface area contributed by atoms with Gasteiger partial charge in [-0.1, -0.05) is 0 Å². The number of nitrogens with one attached hydrogen (secondary N) is 1. The largest absolute Gasteiger partial charge is 0.355 e. The van der Waals surface area contributed by atoms with Crippen molar-refractivity contribution >= 4 is 5.82 Å². The van der Waals surface area contributed by atoms with E-state index in [9.17, 15) is 10.1 Å². The fourth-order valence-corrected chi connectivity index (χ4v) is 4.14. The van der Waals surface area contributed by atoms with Crippen LogP contribution in [0.4, 0.5) is 5.82 Å². The zero-order valence-electron chi connectivity index (χ0n) is 15.1. The lowest BCUT2D eigenvalue weighted by Gasteiger charge is -2.33. The number of nitriles is 1. The van der Waals surface area contributed by atoms with Crippen LogP contribution < -0.4 is 10.5 Å². The predicted molar refractivity (Wildman–Crippen MR) is 99.4 cm³/mol. The summed E-state index contributed by atoms with van der Waals surface area (Å²) in [5, 5.41) is 9.58. The number of hydrogen-bond acceptors (Lipinski definition) is 5. The molecule has 0 aromatic carbocycles. The monoisotopic (exact) mass is 349 g/mol. The van der Waals surface area contributed by atoms with E-state index in [-0.39, 0.29) is 11.5 Å². The summed E-state index contributed by atoms with van der Waals surface area (Å²) in [6.45, 7) is 3.48. The molecule has 6 heteroatoms. The van der Waals surface area contributed by atoms with Crippen LogP contribution in [0, 0.1) is 18.3 Å². The molecule has 0 saturated carbocycles. The number of anilines is 1. The molecule has 0 atom stereocenters. The third-order valence-corrected chi connectivity index (χ3v) is 5.49. The molecule has 0 unspecified atom stereocenters. The molecule has 0 spiro atoms. The summed E-state index contributed by atoms with van der Waals surface area (Å²) in [7, 11) is 0. The third-order valence-electron chi connectivity index (χ3n) is 5.49. The maximum absolute atomic E-state index is 11.7. The highest BCUT2D eigenvalue weighted by atomic mass is 16.1. The summed E-state index contributed by atoms with van der Waals surface area (Å²) in [5.74, 6) is 1.79. The van der Waals surface area contributed by atoms with E-state index in [4.69, 9.17) is 4.98 Å². The van der Waals surface area contributed by atoms with Gasteiger partial charge in [0.15, 0.2) is 0 Å². The van der Waals surface area contributed by atoms with Crippen molar-refractivity contribution in [3.63, 3.8) is 0 Å². The smallest absolute Gasteiger partial charge is 0.251 e. The highest BCUT2D eigenvalue weighted by Gasteiger charge is 2.26. The van der Waals surface area contributed by atoms with Crippen LogP contribution in [0.3, 0.4) is 0 Å². The van der Waals surface area contributed by atoms with Crippen molar-refractivity contribution in [3.8, 4) is 6.07 Å². The SMILES string of the molecule is Cc1nc(C2CCN(c3nc4c(cc3C#N)CCCC4)CC2)cc(=O)[nH]1. The second-order valence-electron chi connectivity index (χ2n) is 7.30. The quantitative estimate of drug-likeness (QED) is 0.901. The molecular formula is C20H23N5O. The molecule has 1 aliphatic carbocycles. The Balaban J connectivity index is 1.55. The highest BCUT2D eigenvalue weighted by molar-refractivity contribution is 5.56. The van der Waals surface area contributed by atoms with E-state index in [0.717, 1.165) is 50.3 Å². The van der Waals surface area contributed by atoms with Crippen molar-refractivity contribution in [3.05, 3.63) is 50.8 Å². The summed E-state index contributed by atoms with van der Waals surface area (Å²) >= 11 is 0. The van der Waals surface area contributed by atoms with Gasteiger partial charge in [0.1, 0.15) is 17.7 Å². The number of piperidine rings is 1. The topological polar surface area (TPSA) is 85.7 Å². The predicted octanol–water partition coefficient (Wildman–Crippen LogP) is 2.61. The number of rotatable bonds is 2. The van der Waals surface area contributed by atoms with Gasteiger partial charge in [0.2, 0.25) is 0 Å². The van der Waals surface area contributed by atoms with Gasteiger partial charge in [-0.15, -0.1) is 0 Å². The summed E-state index contributed by atoms with van der Waals surface area (Å²) in [5.41, 5.74) is 3.89. The summed E-state index contributed by atoms with van der Waals surface area (Å²) in [4.78, 5) is 26.0. The number of H-pyrrole nitrogens is 1. The minimum atomic E-state index is -0.0851. The number of fused-ring (bicyclic) bond motifs is 1. The van der Waals surface area contributed by atoms with Gasteiger partial charge in [-0.05, 0) is 57.1 Å². The molecular weight excluding hydrogens is 326 g/mol. The second-order valence-corrected chi connectivity index (χ2v) is 7.30. The molecule has 0 bridgehead atoms. The standard InChI is InChI=1S/C20H23N5O/c1-13-22-18(11-19(26)23-13)14-6-8-25(9-7-14)20-16(12-21)10-15-4-2-3-5-17(15)24-20/h10-11,14H,2-9H2,1H3,(H,22,23,26). The van der Waals surface area contributed by atoms with Crippen molar-refractivity contribution in [1.82, 2.24) is 15.0 Å².